The molecule has 1 saturated carbocycles. The van der Waals surface area contributed by atoms with Gasteiger partial charge in [-0.25, -0.2) is 0 Å². The Balaban J connectivity index is 2.00. The first kappa shape index (κ1) is 15.4. The Morgan fingerprint density at radius 3 is 2.56 bits per heavy atom. The molecule has 0 saturated heterocycles. The van der Waals surface area contributed by atoms with Gasteiger partial charge in [0.2, 0.25) is 5.91 Å². The number of rotatable bonds is 8. The third-order valence-corrected chi connectivity index (χ3v) is 3.64. The molecule has 106 valence electrons. The highest BCUT2D eigenvalue weighted by Crippen LogP contribution is 2.21. The molecule has 0 aromatic heterocycles. The summed E-state index contributed by atoms with van der Waals surface area (Å²) in [5, 5.41) is 6.24. The highest BCUT2D eigenvalue weighted by Gasteiger charge is 2.18. The predicted octanol–water partition coefficient (Wildman–Crippen LogP) is 1.37. The molecule has 0 atom stereocenters. The summed E-state index contributed by atoms with van der Waals surface area (Å²) >= 11 is 0. The number of nitrogens with one attached hydrogen (secondary N) is 2. The molecule has 1 aliphatic rings. The van der Waals surface area contributed by atoms with E-state index in [2.05, 4.69) is 36.4 Å². The molecule has 18 heavy (non-hydrogen) atoms. The van der Waals surface area contributed by atoms with E-state index in [1.807, 2.05) is 0 Å². The molecule has 1 amide bonds. The van der Waals surface area contributed by atoms with Gasteiger partial charge in [-0.3, -0.25) is 4.79 Å². The van der Waals surface area contributed by atoms with Crippen LogP contribution in [0.25, 0.3) is 0 Å². The molecule has 0 heterocycles. The summed E-state index contributed by atoms with van der Waals surface area (Å²) < 4.78 is 0. The van der Waals surface area contributed by atoms with Crippen molar-refractivity contribution in [2.24, 2.45) is 0 Å². The van der Waals surface area contributed by atoms with Gasteiger partial charge in [-0.1, -0.05) is 26.7 Å². The van der Waals surface area contributed by atoms with E-state index in [1.54, 1.807) is 0 Å². The van der Waals surface area contributed by atoms with Crippen molar-refractivity contribution in [1.82, 2.24) is 15.5 Å². The van der Waals surface area contributed by atoms with Gasteiger partial charge in [0.05, 0.1) is 0 Å². The van der Waals surface area contributed by atoms with Crippen LogP contribution in [0.4, 0.5) is 0 Å². The quantitative estimate of drug-likeness (QED) is 0.688. The van der Waals surface area contributed by atoms with Gasteiger partial charge in [0.25, 0.3) is 0 Å². The van der Waals surface area contributed by atoms with Gasteiger partial charge in [0.1, 0.15) is 0 Å². The van der Waals surface area contributed by atoms with Crippen molar-refractivity contribution >= 4 is 5.91 Å². The summed E-state index contributed by atoms with van der Waals surface area (Å²) in [5.41, 5.74) is 0. The number of nitrogens with zero attached hydrogens (tertiary/aromatic N) is 1. The average molecular weight is 255 g/mol. The zero-order chi connectivity index (χ0) is 13.4. The highest BCUT2D eigenvalue weighted by atomic mass is 16.1. The molecular formula is C14H29N3O. The van der Waals surface area contributed by atoms with E-state index in [-0.39, 0.29) is 5.91 Å². The van der Waals surface area contributed by atoms with Crippen molar-refractivity contribution in [2.45, 2.75) is 58.0 Å². The lowest BCUT2D eigenvalue weighted by Gasteiger charge is -2.23. The molecule has 0 aliphatic heterocycles. The molecule has 0 bridgehead atoms. The van der Waals surface area contributed by atoms with Crippen molar-refractivity contribution in [1.29, 1.82) is 0 Å². The fourth-order valence-electron chi connectivity index (χ4n) is 2.46. The van der Waals surface area contributed by atoms with Crippen molar-refractivity contribution in [3.05, 3.63) is 0 Å². The van der Waals surface area contributed by atoms with Gasteiger partial charge < -0.3 is 15.5 Å². The van der Waals surface area contributed by atoms with Crippen molar-refractivity contribution < 1.29 is 4.79 Å². The third-order valence-electron chi connectivity index (χ3n) is 3.64. The lowest BCUT2D eigenvalue weighted by molar-refractivity contribution is -0.121. The number of likely N-dealkylation sites (N-methyl/N-ethyl adjacent to an activating group) is 1. The fourth-order valence-corrected chi connectivity index (χ4v) is 2.46. The van der Waals surface area contributed by atoms with Gasteiger partial charge in [0.15, 0.2) is 0 Å². The number of hydrogen-bond acceptors (Lipinski definition) is 3. The summed E-state index contributed by atoms with van der Waals surface area (Å²) in [6, 6.07) is 1.19. The summed E-state index contributed by atoms with van der Waals surface area (Å²) in [6.07, 6.45) is 5.95. The second-order valence-electron chi connectivity index (χ2n) is 5.63. The second-order valence-corrected chi connectivity index (χ2v) is 5.63. The van der Waals surface area contributed by atoms with Gasteiger partial charge >= 0.3 is 0 Å². The van der Waals surface area contributed by atoms with Gasteiger partial charge in [-0.2, -0.15) is 0 Å². The molecule has 4 nitrogen and oxygen atoms in total. The van der Waals surface area contributed by atoms with Crippen LogP contribution in [0, 0.1) is 0 Å². The lowest BCUT2D eigenvalue weighted by atomic mass is 10.2. The van der Waals surface area contributed by atoms with Crippen LogP contribution in [0.15, 0.2) is 0 Å². The fraction of sp³-hybridized carbons (Fsp3) is 0.929. The zero-order valence-corrected chi connectivity index (χ0v) is 12.2. The highest BCUT2D eigenvalue weighted by molar-refractivity contribution is 5.76. The molecule has 1 aliphatic carbocycles. The first-order chi connectivity index (χ1) is 8.59. The summed E-state index contributed by atoms with van der Waals surface area (Å²) in [6.45, 7) is 6.69. The van der Waals surface area contributed by atoms with E-state index in [0.717, 1.165) is 25.7 Å². The Kier molecular flexibility index (Phi) is 7.28. The van der Waals surface area contributed by atoms with Gasteiger partial charge in [-0.15, -0.1) is 0 Å². The van der Waals surface area contributed by atoms with E-state index < -0.39 is 0 Å². The van der Waals surface area contributed by atoms with Gasteiger partial charge in [-0.05, 0) is 19.9 Å². The van der Waals surface area contributed by atoms with Crippen molar-refractivity contribution in [3.8, 4) is 0 Å². The first-order valence-electron chi connectivity index (χ1n) is 7.30. The van der Waals surface area contributed by atoms with Crippen LogP contribution in [0.1, 0.15) is 46.0 Å². The molecule has 0 unspecified atom stereocenters. The van der Waals surface area contributed by atoms with Crippen LogP contribution in [-0.2, 0) is 4.79 Å². The van der Waals surface area contributed by atoms with Crippen LogP contribution in [0.3, 0.4) is 0 Å². The summed E-state index contributed by atoms with van der Waals surface area (Å²) in [7, 11) is 2.17. The number of carbonyl (C=O) groups excluding carboxylic acids is 1. The second kappa shape index (κ2) is 8.48. The lowest BCUT2D eigenvalue weighted by Crippen LogP contribution is -2.38. The van der Waals surface area contributed by atoms with Gasteiger partial charge in [0, 0.05) is 38.1 Å². The topological polar surface area (TPSA) is 44.4 Å². The molecule has 0 aromatic rings. The monoisotopic (exact) mass is 255 g/mol. The van der Waals surface area contributed by atoms with Crippen LogP contribution in [0.5, 0.6) is 0 Å². The first-order valence-corrected chi connectivity index (χ1v) is 7.30. The maximum absolute atomic E-state index is 11.6. The molecule has 0 radical (unpaired) electrons. The number of hydrogen-bond donors (Lipinski definition) is 2. The zero-order valence-electron chi connectivity index (χ0n) is 12.2. The Labute approximate surface area is 111 Å². The Morgan fingerprint density at radius 1 is 1.28 bits per heavy atom. The van der Waals surface area contributed by atoms with E-state index in [4.69, 9.17) is 0 Å². The molecule has 0 spiro atoms. The van der Waals surface area contributed by atoms with Crippen molar-refractivity contribution in [2.75, 3.05) is 26.7 Å². The maximum Gasteiger partial charge on any atom is 0.221 e. The largest absolute Gasteiger partial charge is 0.355 e. The van der Waals surface area contributed by atoms with E-state index >= 15 is 0 Å². The smallest absolute Gasteiger partial charge is 0.221 e. The average Bonchev–Trinajstić information content (AvgIpc) is 2.81. The molecule has 4 heteroatoms. The third kappa shape index (κ3) is 6.36. The summed E-state index contributed by atoms with van der Waals surface area (Å²) in [5.74, 6) is 0.156. The Hall–Kier alpha value is -0.610. The number of amides is 1. The SMILES string of the molecule is CC(C)NCCC(=O)NCCN(C)C1CCCC1. The minimum Gasteiger partial charge on any atom is -0.355 e. The normalized spacial score (nSPS) is 16.7. The molecule has 1 rings (SSSR count). The summed E-state index contributed by atoms with van der Waals surface area (Å²) in [4.78, 5) is 13.9. The van der Waals surface area contributed by atoms with Crippen LogP contribution in [-0.4, -0.2) is 49.6 Å². The minimum atomic E-state index is 0.156. The number of carbonyl (C=O) groups is 1. The van der Waals surface area contributed by atoms with Crippen LogP contribution in [0.2, 0.25) is 0 Å². The molecular weight excluding hydrogens is 226 g/mol. The van der Waals surface area contributed by atoms with E-state index in [0.29, 0.717) is 12.5 Å². The Bertz CT molecular complexity index is 237. The standard InChI is InChI=1S/C14H29N3O/c1-12(2)15-9-8-14(18)16-10-11-17(3)13-6-4-5-7-13/h12-13,15H,4-11H2,1-3H3,(H,16,18). The maximum atomic E-state index is 11.6. The van der Waals surface area contributed by atoms with Crippen LogP contribution < -0.4 is 10.6 Å². The Morgan fingerprint density at radius 2 is 1.94 bits per heavy atom. The van der Waals surface area contributed by atoms with E-state index in [1.165, 1.54) is 25.7 Å². The van der Waals surface area contributed by atoms with E-state index in [9.17, 15) is 4.79 Å². The molecule has 2 N–H and O–H groups in total. The van der Waals surface area contributed by atoms with Crippen molar-refractivity contribution in [3.63, 3.8) is 0 Å². The molecule has 1 fully saturated rings. The van der Waals surface area contributed by atoms with Crippen LogP contribution >= 0.6 is 0 Å². The minimum absolute atomic E-state index is 0.156. The molecule has 0 aromatic carbocycles. The predicted molar refractivity (Wildman–Crippen MR) is 75.7 cm³/mol.